The van der Waals surface area contributed by atoms with Gasteiger partial charge in [-0.1, -0.05) is 12.1 Å². The number of halogens is 3. The molecule has 0 aliphatic rings. The van der Waals surface area contributed by atoms with Gasteiger partial charge in [-0.2, -0.15) is 13.2 Å². The summed E-state index contributed by atoms with van der Waals surface area (Å²) in [7, 11) is 0. The van der Waals surface area contributed by atoms with E-state index in [-0.39, 0.29) is 11.6 Å². The molecule has 5 heteroatoms. The molecule has 2 aromatic rings. The van der Waals surface area contributed by atoms with Gasteiger partial charge >= 0.3 is 6.18 Å². The second kappa shape index (κ2) is 5.05. The highest BCUT2D eigenvalue weighted by atomic mass is 19.4. The second-order valence-electron chi connectivity index (χ2n) is 6.33. The maximum Gasteiger partial charge on any atom is 0.418 e. The van der Waals surface area contributed by atoms with Crippen LogP contribution in [-0.2, 0) is 12.6 Å². The predicted octanol–water partition coefficient (Wildman–Crippen LogP) is 4.55. The van der Waals surface area contributed by atoms with Crippen LogP contribution in [0.2, 0.25) is 0 Å². The van der Waals surface area contributed by atoms with Crippen LogP contribution in [0.4, 0.5) is 13.2 Å². The first-order valence-electron chi connectivity index (χ1n) is 6.93. The van der Waals surface area contributed by atoms with Crippen LogP contribution in [0.1, 0.15) is 45.0 Å². The third kappa shape index (κ3) is 3.23. The van der Waals surface area contributed by atoms with Crippen LogP contribution in [-0.4, -0.2) is 15.3 Å². The monoisotopic (exact) mass is 299 g/mol. The van der Waals surface area contributed by atoms with Gasteiger partial charge in [0.2, 0.25) is 0 Å². The van der Waals surface area contributed by atoms with Crippen molar-refractivity contribution in [3.8, 4) is 0 Å². The van der Waals surface area contributed by atoms with Gasteiger partial charge in [-0.05, 0) is 39.8 Å². The standard InChI is InChI=1S/C16H20F3NO/c1-10(2)20-12(9-15(3,4)21)8-11-6-5-7-13(14(11)20)16(17,18)19/h5-8,10,21H,9H2,1-4H3. The third-order valence-corrected chi connectivity index (χ3v) is 3.38. The topological polar surface area (TPSA) is 25.2 Å². The predicted molar refractivity (Wildman–Crippen MR) is 77.3 cm³/mol. The van der Waals surface area contributed by atoms with Crippen molar-refractivity contribution >= 4 is 10.9 Å². The number of para-hydroxylation sites is 1. The highest BCUT2D eigenvalue weighted by molar-refractivity contribution is 5.85. The summed E-state index contributed by atoms with van der Waals surface area (Å²) in [4.78, 5) is 0. The largest absolute Gasteiger partial charge is 0.418 e. The number of hydrogen-bond donors (Lipinski definition) is 1. The minimum atomic E-state index is -4.39. The maximum atomic E-state index is 13.2. The van der Waals surface area contributed by atoms with Crippen molar-refractivity contribution in [1.29, 1.82) is 0 Å². The SMILES string of the molecule is CC(C)n1c(CC(C)(C)O)cc2cccc(C(F)(F)F)c21. The van der Waals surface area contributed by atoms with Crippen molar-refractivity contribution in [3.63, 3.8) is 0 Å². The Labute approximate surface area is 122 Å². The maximum absolute atomic E-state index is 13.2. The second-order valence-corrected chi connectivity index (χ2v) is 6.33. The lowest BCUT2D eigenvalue weighted by Crippen LogP contribution is -2.24. The number of benzene rings is 1. The number of fused-ring (bicyclic) bond motifs is 1. The molecule has 1 heterocycles. The Morgan fingerprint density at radius 1 is 1.19 bits per heavy atom. The van der Waals surface area contributed by atoms with E-state index < -0.39 is 17.3 Å². The van der Waals surface area contributed by atoms with Crippen molar-refractivity contribution in [2.45, 2.75) is 51.9 Å². The van der Waals surface area contributed by atoms with Crippen LogP contribution < -0.4 is 0 Å². The molecule has 0 unspecified atom stereocenters. The Hall–Kier alpha value is -1.49. The lowest BCUT2D eigenvalue weighted by molar-refractivity contribution is -0.136. The Bertz CT molecular complexity index is 648. The molecule has 1 aromatic heterocycles. The summed E-state index contributed by atoms with van der Waals surface area (Å²) >= 11 is 0. The van der Waals surface area contributed by atoms with Crippen LogP contribution in [0.3, 0.4) is 0 Å². The zero-order valence-electron chi connectivity index (χ0n) is 12.6. The summed E-state index contributed by atoms with van der Waals surface area (Å²) in [6.45, 7) is 7.00. The average Bonchev–Trinajstić information content (AvgIpc) is 2.61. The molecule has 21 heavy (non-hydrogen) atoms. The van der Waals surface area contributed by atoms with Crippen LogP contribution in [0.5, 0.6) is 0 Å². The van der Waals surface area contributed by atoms with Gasteiger partial charge in [0.1, 0.15) is 0 Å². The summed E-state index contributed by atoms with van der Waals surface area (Å²) in [5.41, 5.74) is -0.696. The summed E-state index contributed by atoms with van der Waals surface area (Å²) < 4.78 is 41.4. The van der Waals surface area contributed by atoms with Gasteiger partial charge < -0.3 is 9.67 Å². The van der Waals surface area contributed by atoms with Crippen LogP contribution in [0, 0.1) is 0 Å². The number of aromatic nitrogens is 1. The fraction of sp³-hybridized carbons (Fsp3) is 0.500. The van der Waals surface area contributed by atoms with Crippen LogP contribution >= 0.6 is 0 Å². The number of hydrogen-bond acceptors (Lipinski definition) is 1. The zero-order valence-corrected chi connectivity index (χ0v) is 12.6. The van der Waals surface area contributed by atoms with Gasteiger partial charge in [-0.25, -0.2) is 0 Å². The molecular formula is C16H20F3NO. The van der Waals surface area contributed by atoms with Gasteiger partial charge in [-0.3, -0.25) is 0 Å². The van der Waals surface area contributed by atoms with Gasteiger partial charge in [0.25, 0.3) is 0 Å². The molecule has 1 N–H and O–H groups in total. The molecule has 0 saturated carbocycles. The lowest BCUT2D eigenvalue weighted by atomic mass is 10.0. The first-order chi connectivity index (χ1) is 9.50. The molecule has 2 nitrogen and oxygen atoms in total. The quantitative estimate of drug-likeness (QED) is 0.883. The number of aliphatic hydroxyl groups is 1. The van der Waals surface area contributed by atoms with Crippen molar-refractivity contribution in [2.24, 2.45) is 0 Å². The van der Waals surface area contributed by atoms with Crippen molar-refractivity contribution in [3.05, 3.63) is 35.5 Å². The average molecular weight is 299 g/mol. The number of nitrogens with zero attached hydrogens (tertiary/aromatic N) is 1. The van der Waals surface area contributed by atoms with E-state index in [1.165, 1.54) is 6.07 Å². The molecule has 0 bridgehead atoms. The van der Waals surface area contributed by atoms with Crippen molar-refractivity contribution in [1.82, 2.24) is 4.57 Å². The molecule has 2 rings (SSSR count). The molecule has 0 saturated heterocycles. The molecule has 116 valence electrons. The fourth-order valence-corrected chi connectivity index (χ4v) is 2.74. The molecule has 1 aromatic carbocycles. The molecule has 0 aliphatic heterocycles. The number of rotatable bonds is 3. The minimum absolute atomic E-state index is 0.122. The molecular weight excluding hydrogens is 279 g/mol. The molecule has 0 spiro atoms. The van der Waals surface area contributed by atoms with Gasteiger partial charge in [0.15, 0.2) is 0 Å². The molecule has 0 radical (unpaired) electrons. The summed E-state index contributed by atoms with van der Waals surface area (Å²) in [5.74, 6) is 0. The summed E-state index contributed by atoms with van der Waals surface area (Å²) in [6, 6.07) is 5.82. The lowest BCUT2D eigenvalue weighted by Gasteiger charge is -2.22. The third-order valence-electron chi connectivity index (χ3n) is 3.38. The van der Waals surface area contributed by atoms with Crippen LogP contribution in [0.25, 0.3) is 10.9 Å². The highest BCUT2D eigenvalue weighted by Gasteiger charge is 2.34. The first-order valence-corrected chi connectivity index (χ1v) is 6.93. The fourth-order valence-electron chi connectivity index (χ4n) is 2.74. The summed E-state index contributed by atoms with van der Waals surface area (Å²) in [5, 5.41) is 10.5. The molecule has 0 fully saturated rings. The first kappa shape index (κ1) is 15.9. The zero-order chi connectivity index (χ0) is 16.0. The molecule has 0 amide bonds. The Kier molecular flexibility index (Phi) is 3.82. The smallest absolute Gasteiger partial charge is 0.390 e. The van der Waals surface area contributed by atoms with Gasteiger partial charge in [0.05, 0.1) is 16.7 Å². The molecule has 0 atom stereocenters. The van der Waals surface area contributed by atoms with E-state index in [4.69, 9.17) is 0 Å². The van der Waals surface area contributed by atoms with E-state index in [0.717, 1.165) is 6.07 Å². The van der Waals surface area contributed by atoms with Crippen molar-refractivity contribution in [2.75, 3.05) is 0 Å². The Balaban J connectivity index is 2.76. The molecule has 0 aliphatic carbocycles. The Morgan fingerprint density at radius 2 is 1.81 bits per heavy atom. The van der Waals surface area contributed by atoms with E-state index >= 15 is 0 Å². The minimum Gasteiger partial charge on any atom is -0.390 e. The van der Waals surface area contributed by atoms with E-state index in [2.05, 4.69) is 0 Å². The van der Waals surface area contributed by atoms with E-state index in [1.54, 1.807) is 30.5 Å². The van der Waals surface area contributed by atoms with E-state index in [1.807, 2.05) is 13.8 Å². The van der Waals surface area contributed by atoms with Crippen molar-refractivity contribution < 1.29 is 18.3 Å². The number of alkyl halides is 3. The highest BCUT2D eigenvalue weighted by Crippen LogP contribution is 2.37. The van der Waals surface area contributed by atoms with Gasteiger partial charge in [0, 0.05) is 23.5 Å². The summed E-state index contributed by atoms with van der Waals surface area (Å²) in [6.07, 6.45) is -4.09. The van der Waals surface area contributed by atoms with Gasteiger partial charge in [-0.15, -0.1) is 0 Å². The Morgan fingerprint density at radius 3 is 2.29 bits per heavy atom. The normalized spacial score (nSPS) is 13.4. The van der Waals surface area contributed by atoms with E-state index in [9.17, 15) is 18.3 Å². The van der Waals surface area contributed by atoms with Crippen LogP contribution in [0.15, 0.2) is 24.3 Å². The van der Waals surface area contributed by atoms with E-state index in [0.29, 0.717) is 17.5 Å².